The highest BCUT2D eigenvalue weighted by atomic mass is 16.5. The number of benzene rings is 1. The van der Waals surface area contributed by atoms with Crippen molar-refractivity contribution in [1.29, 1.82) is 0 Å². The number of ketones is 1. The van der Waals surface area contributed by atoms with Crippen LogP contribution in [0.25, 0.3) is 11.0 Å². The first-order valence-electron chi connectivity index (χ1n) is 6.60. The first-order valence-corrected chi connectivity index (χ1v) is 6.60. The molecule has 0 saturated heterocycles. The van der Waals surface area contributed by atoms with Gasteiger partial charge in [0, 0.05) is 13.0 Å². The standard InChI is InChI=1S/C15H16N2O4/c1-9(2)15(19)21-8-12-14(10(3)18)17(20)13-7-5-4-6-11(13)16-12/h4-7,9H,8H2,1-3H3. The summed E-state index contributed by atoms with van der Waals surface area (Å²) in [6, 6.07) is 6.70. The van der Waals surface area contributed by atoms with Gasteiger partial charge in [-0.2, -0.15) is 4.73 Å². The van der Waals surface area contributed by atoms with Gasteiger partial charge in [-0.3, -0.25) is 9.59 Å². The monoisotopic (exact) mass is 288 g/mol. The van der Waals surface area contributed by atoms with E-state index in [0.717, 1.165) is 0 Å². The lowest BCUT2D eigenvalue weighted by Gasteiger charge is -2.11. The van der Waals surface area contributed by atoms with Gasteiger partial charge in [-0.05, 0) is 6.07 Å². The van der Waals surface area contributed by atoms with E-state index >= 15 is 0 Å². The third kappa shape index (κ3) is 2.99. The molecule has 0 aliphatic heterocycles. The maximum absolute atomic E-state index is 12.3. The van der Waals surface area contributed by atoms with Gasteiger partial charge in [-0.15, -0.1) is 0 Å². The van der Waals surface area contributed by atoms with Crippen LogP contribution in [0.3, 0.4) is 0 Å². The number of para-hydroxylation sites is 2. The Morgan fingerprint density at radius 2 is 2.00 bits per heavy atom. The molecule has 0 aliphatic rings. The molecule has 0 fully saturated rings. The van der Waals surface area contributed by atoms with Crippen LogP contribution in [0.4, 0.5) is 0 Å². The highest BCUT2D eigenvalue weighted by Crippen LogP contribution is 2.13. The van der Waals surface area contributed by atoms with Gasteiger partial charge in [0.1, 0.15) is 12.1 Å². The fourth-order valence-corrected chi connectivity index (χ4v) is 1.92. The number of ether oxygens (including phenoxy) is 1. The molecule has 6 heteroatoms. The van der Waals surface area contributed by atoms with Crippen LogP contribution in [0.2, 0.25) is 0 Å². The number of esters is 1. The molecule has 0 bridgehead atoms. The van der Waals surface area contributed by atoms with Crippen molar-refractivity contribution in [3.05, 3.63) is 40.9 Å². The predicted molar refractivity (Wildman–Crippen MR) is 75.3 cm³/mol. The van der Waals surface area contributed by atoms with Crippen LogP contribution < -0.4 is 4.73 Å². The van der Waals surface area contributed by atoms with Crippen LogP contribution in [0, 0.1) is 11.1 Å². The highest BCUT2D eigenvalue weighted by Gasteiger charge is 2.24. The second-order valence-electron chi connectivity index (χ2n) is 5.01. The average molecular weight is 288 g/mol. The Balaban J connectivity index is 2.48. The first-order chi connectivity index (χ1) is 9.91. The Bertz CT molecular complexity index is 710. The van der Waals surface area contributed by atoms with Crippen LogP contribution in [-0.4, -0.2) is 16.7 Å². The Labute approximate surface area is 122 Å². The molecule has 6 nitrogen and oxygen atoms in total. The van der Waals surface area contributed by atoms with E-state index in [1.165, 1.54) is 6.92 Å². The van der Waals surface area contributed by atoms with Crippen molar-refractivity contribution >= 4 is 22.8 Å². The second kappa shape index (κ2) is 5.87. The summed E-state index contributed by atoms with van der Waals surface area (Å²) < 4.78 is 5.62. The molecule has 0 aliphatic carbocycles. The normalized spacial score (nSPS) is 10.9. The molecule has 0 spiro atoms. The van der Waals surface area contributed by atoms with E-state index in [2.05, 4.69) is 4.98 Å². The maximum Gasteiger partial charge on any atom is 0.308 e. The lowest BCUT2D eigenvalue weighted by atomic mass is 10.2. The summed E-state index contributed by atoms with van der Waals surface area (Å²) in [5, 5.41) is 12.3. The van der Waals surface area contributed by atoms with E-state index in [1.807, 2.05) is 0 Å². The fourth-order valence-electron chi connectivity index (χ4n) is 1.92. The number of hydrogen-bond acceptors (Lipinski definition) is 5. The highest BCUT2D eigenvalue weighted by molar-refractivity contribution is 5.92. The molecule has 0 saturated carbocycles. The quantitative estimate of drug-likeness (QED) is 0.370. The fraction of sp³-hybridized carbons (Fsp3) is 0.333. The minimum atomic E-state index is -0.418. The summed E-state index contributed by atoms with van der Waals surface area (Å²) in [6.07, 6.45) is 0. The summed E-state index contributed by atoms with van der Waals surface area (Å²) in [5.74, 6) is -1.11. The third-order valence-corrected chi connectivity index (χ3v) is 2.99. The van der Waals surface area contributed by atoms with Gasteiger partial charge >= 0.3 is 5.97 Å². The number of rotatable bonds is 4. The van der Waals surface area contributed by atoms with Gasteiger partial charge in [0.15, 0.2) is 5.69 Å². The zero-order valence-electron chi connectivity index (χ0n) is 12.1. The SMILES string of the molecule is CC(=O)c1c(COC(=O)C(C)C)nc2ccccc2[n+]1[O-]. The summed E-state index contributed by atoms with van der Waals surface area (Å²) in [5.41, 5.74) is 0.838. The Morgan fingerprint density at radius 3 is 2.62 bits per heavy atom. The molecule has 0 atom stereocenters. The van der Waals surface area contributed by atoms with E-state index in [1.54, 1.807) is 38.1 Å². The van der Waals surface area contributed by atoms with Gasteiger partial charge in [-0.25, -0.2) is 4.98 Å². The molecule has 110 valence electrons. The average Bonchev–Trinajstić information content (AvgIpc) is 2.44. The van der Waals surface area contributed by atoms with Gasteiger partial charge < -0.3 is 9.94 Å². The van der Waals surface area contributed by atoms with E-state index in [4.69, 9.17) is 4.74 Å². The molecule has 21 heavy (non-hydrogen) atoms. The minimum Gasteiger partial charge on any atom is -0.618 e. The molecule has 1 aromatic carbocycles. The number of hydrogen-bond donors (Lipinski definition) is 0. The zero-order valence-corrected chi connectivity index (χ0v) is 12.1. The predicted octanol–water partition coefficient (Wildman–Crippen LogP) is 1.77. The van der Waals surface area contributed by atoms with Crippen molar-refractivity contribution in [3.63, 3.8) is 0 Å². The van der Waals surface area contributed by atoms with Gasteiger partial charge in [0.05, 0.1) is 5.92 Å². The first kappa shape index (κ1) is 14.9. The summed E-state index contributed by atoms with van der Waals surface area (Å²) in [7, 11) is 0. The van der Waals surface area contributed by atoms with E-state index in [9.17, 15) is 14.8 Å². The molecule has 0 radical (unpaired) electrons. The number of nitrogens with zero attached hydrogens (tertiary/aromatic N) is 2. The molecular formula is C15H16N2O4. The molecule has 1 aromatic heterocycles. The molecule has 2 aromatic rings. The second-order valence-corrected chi connectivity index (χ2v) is 5.01. The molecule has 1 heterocycles. The van der Waals surface area contributed by atoms with Crippen molar-refractivity contribution in [3.8, 4) is 0 Å². The van der Waals surface area contributed by atoms with Crippen molar-refractivity contribution in [2.45, 2.75) is 27.4 Å². The zero-order chi connectivity index (χ0) is 15.6. The summed E-state index contributed by atoms with van der Waals surface area (Å²) >= 11 is 0. The Hall–Kier alpha value is -2.50. The minimum absolute atomic E-state index is 0.0924. The number of Topliss-reactive ketones (excluding diaryl/α,β-unsaturated/α-hetero) is 1. The number of aromatic nitrogens is 2. The Kier molecular flexibility index (Phi) is 4.16. The largest absolute Gasteiger partial charge is 0.618 e. The van der Waals surface area contributed by atoms with Crippen LogP contribution in [0.1, 0.15) is 37.0 Å². The van der Waals surface area contributed by atoms with Crippen molar-refractivity contribution in [2.24, 2.45) is 5.92 Å². The van der Waals surface area contributed by atoms with Gasteiger partial charge in [0.25, 0.3) is 5.69 Å². The lowest BCUT2D eigenvalue weighted by Crippen LogP contribution is -2.37. The Morgan fingerprint density at radius 1 is 1.33 bits per heavy atom. The topological polar surface area (TPSA) is 83.2 Å². The van der Waals surface area contributed by atoms with Gasteiger partial charge in [0.2, 0.25) is 11.3 Å². The van der Waals surface area contributed by atoms with E-state index in [0.29, 0.717) is 15.8 Å². The molecule has 0 amide bonds. The van der Waals surface area contributed by atoms with Crippen LogP contribution in [0.15, 0.2) is 24.3 Å². The number of fused-ring (bicyclic) bond motifs is 1. The molecular weight excluding hydrogens is 272 g/mol. The van der Waals surface area contributed by atoms with Crippen molar-refractivity contribution in [2.75, 3.05) is 0 Å². The third-order valence-electron chi connectivity index (χ3n) is 2.99. The van der Waals surface area contributed by atoms with Crippen molar-refractivity contribution < 1.29 is 19.1 Å². The summed E-state index contributed by atoms with van der Waals surface area (Å²) in [4.78, 5) is 27.5. The van der Waals surface area contributed by atoms with Crippen LogP contribution in [-0.2, 0) is 16.1 Å². The summed E-state index contributed by atoms with van der Waals surface area (Å²) in [6.45, 7) is 4.50. The van der Waals surface area contributed by atoms with Crippen molar-refractivity contribution in [1.82, 2.24) is 4.98 Å². The maximum atomic E-state index is 12.3. The molecule has 2 rings (SSSR count). The number of carbonyl (C=O) groups is 2. The number of carbonyl (C=O) groups excluding carboxylic acids is 2. The van der Waals surface area contributed by atoms with E-state index in [-0.39, 0.29) is 23.9 Å². The van der Waals surface area contributed by atoms with Crippen LogP contribution in [0.5, 0.6) is 0 Å². The van der Waals surface area contributed by atoms with Crippen LogP contribution >= 0.6 is 0 Å². The van der Waals surface area contributed by atoms with E-state index < -0.39 is 11.8 Å². The molecule has 0 unspecified atom stereocenters. The van der Waals surface area contributed by atoms with Gasteiger partial charge in [-0.1, -0.05) is 26.0 Å². The smallest absolute Gasteiger partial charge is 0.308 e. The molecule has 0 N–H and O–H groups in total. The lowest BCUT2D eigenvalue weighted by molar-refractivity contribution is -0.580.